The average molecular weight is 289 g/mol. The van der Waals surface area contributed by atoms with Crippen LogP contribution in [0.3, 0.4) is 0 Å². The zero-order valence-corrected chi connectivity index (χ0v) is 12.5. The molecule has 4 nitrogen and oxygen atoms in total. The fourth-order valence-electron chi connectivity index (χ4n) is 3.64. The lowest BCUT2D eigenvalue weighted by Gasteiger charge is -2.36. The number of ether oxygens (including phenoxy) is 1. The van der Waals surface area contributed by atoms with Crippen LogP contribution in [0.1, 0.15) is 37.7 Å². The van der Waals surface area contributed by atoms with Crippen molar-refractivity contribution in [2.45, 2.75) is 56.7 Å². The summed E-state index contributed by atoms with van der Waals surface area (Å²) in [6.07, 6.45) is 5.92. The molecule has 2 bridgehead atoms. The summed E-state index contributed by atoms with van der Waals surface area (Å²) in [5, 5.41) is 8.69. The third kappa shape index (κ3) is 3.38. The van der Waals surface area contributed by atoms with Crippen LogP contribution in [0.4, 0.5) is 0 Å². The Labute approximate surface area is 125 Å². The maximum atomic E-state index is 10.6. The summed E-state index contributed by atoms with van der Waals surface area (Å²) in [4.78, 5) is 13.1. The zero-order valence-electron chi connectivity index (χ0n) is 12.5. The van der Waals surface area contributed by atoms with Gasteiger partial charge in [0.05, 0.1) is 0 Å². The molecule has 4 heteroatoms. The molecule has 3 rings (SSSR count). The molecule has 21 heavy (non-hydrogen) atoms. The summed E-state index contributed by atoms with van der Waals surface area (Å²) in [6.45, 7) is 0. The van der Waals surface area contributed by atoms with Gasteiger partial charge in [0.25, 0.3) is 0 Å². The van der Waals surface area contributed by atoms with Gasteiger partial charge in [0.2, 0.25) is 0 Å². The molecule has 1 aromatic carbocycles. The summed E-state index contributed by atoms with van der Waals surface area (Å²) >= 11 is 0. The number of nitrogens with zero attached hydrogens (tertiary/aromatic N) is 1. The molecule has 0 aromatic heterocycles. The second kappa shape index (κ2) is 6.06. The van der Waals surface area contributed by atoms with Crippen molar-refractivity contribution in [1.82, 2.24) is 4.90 Å². The summed E-state index contributed by atoms with van der Waals surface area (Å²) in [6, 6.07) is 9.26. The topological polar surface area (TPSA) is 49.8 Å². The van der Waals surface area contributed by atoms with Gasteiger partial charge in [-0.1, -0.05) is 12.1 Å². The van der Waals surface area contributed by atoms with Crippen molar-refractivity contribution >= 4 is 5.97 Å². The van der Waals surface area contributed by atoms with Crippen molar-refractivity contribution in [3.8, 4) is 5.75 Å². The lowest BCUT2D eigenvalue weighted by Crippen LogP contribution is -2.43. The number of carboxylic acid groups (broad SMARTS) is 1. The first kappa shape index (κ1) is 14.4. The first-order chi connectivity index (χ1) is 10.1. The molecule has 2 aliphatic heterocycles. The molecule has 1 aromatic rings. The second-order valence-corrected chi connectivity index (χ2v) is 6.30. The Morgan fingerprint density at radius 3 is 2.43 bits per heavy atom. The standard InChI is InChI=1S/C17H23NO3/c1-18-13-5-6-14(18)11-16(10-13)21-15-7-2-12(3-8-15)4-9-17(19)20/h2-3,7-8,13-14,16H,4-6,9-11H2,1H3,(H,19,20). The van der Waals surface area contributed by atoms with Crippen LogP contribution in [-0.4, -0.2) is 41.2 Å². The van der Waals surface area contributed by atoms with Gasteiger partial charge in [0.1, 0.15) is 11.9 Å². The maximum Gasteiger partial charge on any atom is 0.303 e. The normalized spacial score (nSPS) is 28.5. The van der Waals surface area contributed by atoms with E-state index in [1.807, 2.05) is 24.3 Å². The molecule has 0 spiro atoms. The summed E-state index contributed by atoms with van der Waals surface area (Å²) in [5.74, 6) is 0.153. The lowest BCUT2D eigenvalue weighted by molar-refractivity contribution is -0.136. The van der Waals surface area contributed by atoms with Crippen molar-refractivity contribution in [3.63, 3.8) is 0 Å². The SMILES string of the molecule is CN1C2CCC1CC(Oc1ccc(CCC(=O)O)cc1)C2. The van der Waals surface area contributed by atoms with Gasteiger partial charge < -0.3 is 14.7 Å². The van der Waals surface area contributed by atoms with Gasteiger partial charge >= 0.3 is 5.97 Å². The highest BCUT2D eigenvalue weighted by Crippen LogP contribution is 2.35. The van der Waals surface area contributed by atoms with Gasteiger partial charge in [-0.2, -0.15) is 0 Å². The molecule has 2 unspecified atom stereocenters. The van der Waals surface area contributed by atoms with E-state index >= 15 is 0 Å². The van der Waals surface area contributed by atoms with E-state index in [0.29, 0.717) is 24.6 Å². The average Bonchev–Trinajstić information content (AvgIpc) is 2.69. The highest BCUT2D eigenvalue weighted by Gasteiger charge is 2.39. The fraction of sp³-hybridized carbons (Fsp3) is 0.588. The number of carbonyl (C=O) groups is 1. The number of piperidine rings is 1. The highest BCUT2D eigenvalue weighted by atomic mass is 16.5. The van der Waals surface area contributed by atoms with Crippen LogP contribution in [-0.2, 0) is 11.2 Å². The van der Waals surface area contributed by atoms with E-state index < -0.39 is 5.97 Å². The minimum absolute atomic E-state index is 0.179. The minimum atomic E-state index is -0.753. The molecular formula is C17H23NO3. The van der Waals surface area contributed by atoms with E-state index in [4.69, 9.17) is 9.84 Å². The summed E-state index contributed by atoms with van der Waals surface area (Å²) in [7, 11) is 2.23. The van der Waals surface area contributed by atoms with Gasteiger partial charge in [0.15, 0.2) is 0 Å². The molecule has 0 amide bonds. The number of aliphatic carboxylic acids is 1. The van der Waals surface area contributed by atoms with Crippen LogP contribution in [0.25, 0.3) is 0 Å². The first-order valence-electron chi connectivity index (χ1n) is 7.81. The van der Waals surface area contributed by atoms with Crippen molar-refractivity contribution in [2.24, 2.45) is 0 Å². The number of hydrogen-bond donors (Lipinski definition) is 1. The molecule has 1 N–H and O–H groups in total. The Morgan fingerprint density at radius 1 is 1.24 bits per heavy atom. The van der Waals surface area contributed by atoms with Gasteiger partial charge in [-0.25, -0.2) is 0 Å². The zero-order chi connectivity index (χ0) is 14.8. The molecule has 2 atom stereocenters. The monoisotopic (exact) mass is 289 g/mol. The predicted octanol–water partition coefficient (Wildman–Crippen LogP) is 2.71. The second-order valence-electron chi connectivity index (χ2n) is 6.30. The predicted molar refractivity (Wildman–Crippen MR) is 80.6 cm³/mol. The number of benzene rings is 1. The Bertz CT molecular complexity index is 485. The molecule has 0 radical (unpaired) electrons. The number of rotatable bonds is 5. The van der Waals surface area contributed by atoms with Crippen LogP contribution >= 0.6 is 0 Å². The third-order valence-corrected chi connectivity index (χ3v) is 4.91. The molecular weight excluding hydrogens is 266 g/mol. The van der Waals surface area contributed by atoms with Gasteiger partial charge in [-0.05, 0) is 56.8 Å². The van der Waals surface area contributed by atoms with Gasteiger partial charge in [-0.15, -0.1) is 0 Å². The van der Waals surface area contributed by atoms with Crippen LogP contribution < -0.4 is 4.74 Å². The van der Waals surface area contributed by atoms with E-state index in [1.165, 1.54) is 12.8 Å². The Kier molecular flexibility index (Phi) is 4.15. The van der Waals surface area contributed by atoms with Crippen molar-refractivity contribution in [2.75, 3.05) is 7.05 Å². The van der Waals surface area contributed by atoms with Gasteiger partial charge in [0, 0.05) is 18.5 Å². The van der Waals surface area contributed by atoms with Crippen LogP contribution in [0, 0.1) is 0 Å². The number of aryl methyl sites for hydroxylation is 1. The summed E-state index contributed by atoms with van der Waals surface area (Å²) in [5.41, 5.74) is 1.05. The lowest BCUT2D eigenvalue weighted by atomic mass is 10.0. The molecule has 0 saturated carbocycles. The van der Waals surface area contributed by atoms with E-state index in [2.05, 4.69) is 11.9 Å². The Morgan fingerprint density at radius 2 is 1.86 bits per heavy atom. The largest absolute Gasteiger partial charge is 0.490 e. The van der Waals surface area contributed by atoms with E-state index in [1.54, 1.807) is 0 Å². The third-order valence-electron chi connectivity index (χ3n) is 4.91. The molecule has 0 aliphatic carbocycles. The van der Waals surface area contributed by atoms with E-state index in [0.717, 1.165) is 24.2 Å². The maximum absolute atomic E-state index is 10.6. The van der Waals surface area contributed by atoms with Gasteiger partial charge in [-0.3, -0.25) is 4.79 Å². The molecule has 2 saturated heterocycles. The molecule has 2 aliphatic rings. The minimum Gasteiger partial charge on any atom is -0.490 e. The highest BCUT2D eigenvalue weighted by molar-refractivity contribution is 5.67. The van der Waals surface area contributed by atoms with Crippen LogP contribution in [0.15, 0.2) is 24.3 Å². The Hall–Kier alpha value is -1.55. The van der Waals surface area contributed by atoms with E-state index in [9.17, 15) is 4.79 Å². The Balaban J connectivity index is 1.55. The molecule has 114 valence electrons. The quantitative estimate of drug-likeness (QED) is 0.905. The molecule has 2 heterocycles. The number of hydrogen-bond acceptors (Lipinski definition) is 3. The number of fused-ring (bicyclic) bond motifs is 2. The number of carboxylic acids is 1. The van der Waals surface area contributed by atoms with Crippen molar-refractivity contribution in [3.05, 3.63) is 29.8 Å². The van der Waals surface area contributed by atoms with Crippen molar-refractivity contribution in [1.29, 1.82) is 0 Å². The smallest absolute Gasteiger partial charge is 0.303 e. The summed E-state index contributed by atoms with van der Waals surface area (Å²) < 4.78 is 6.12. The van der Waals surface area contributed by atoms with Crippen LogP contribution in [0.5, 0.6) is 5.75 Å². The fourth-order valence-corrected chi connectivity index (χ4v) is 3.64. The first-order valence-corrected chi connectivity index (χ1v) is 7.81. The van der Waals surface area contributed by atoms with Crippen molar-refractivity contribution < 1.29 is 14.6 Å². The molecule has 2 fully saturated rings. The van der Waals surface area contributed by atoms with Crippen LogP contribution in [0.2, 0.25) is 0 Å². The van der Waals surface area contributed by atoms with E-state index in [-0.39, 0.29) is 6.42 Å².